The molecule has 0 aliphatic carbocycles. The van der Waals surface area contributed by atoms with Crippen LogP contribution in [0.3, 0.4) is 0 Å². The van der Waals surface area contributed by atoms with Crippen LogP contribution in [0, 0.1) is 5.41 Å². The minimum absolute atomic E-state index is 0.168. The summed E-state index contributed by atoms with van der Waals surface area (Å²) < 4.78 is 16.3. The molecule has 1 aliphatic heterocycles. The number of rotatable bonds is 7. The van der Waals surface area contributed by atoms with E-state index in [-0.39, 0.29) is 11.6 Å². The van der Waals surface area contributed by atoms with E-state index in [2.05, 4.69) is 17.0 Å². The van der Waals surface area contributed by atoms with Gasteiger partial charge in [0.15, 0.2) is 0 Å². The summed E-state index contributed by atoms with van der Waals surface area (Å²) in [4.78, 5) is 13.6. The molecule has 3 rings (SSSR count). The van der Waals surface area contributed by atoms with Crippen LogP contribution in [0.2, 0.25) is 0 Å². The molecule has 0 atom stereocenters. The van der Waals surface area contributed by atoms with Crippen LogP contribution >= 0.6 is 0 Å². The first-order chi connectivity index (χ1) is 13.5. The van der Waals surface area contributed by atoms with Crippen LogP contribution in [0.15, 0.2) is 42.5 Å². The van der Waals surface area contributed by atoms with Crippen molar-refractivity contribution in [1.82, 2.24) is 4.90 Å². The van der Waals surface area contributed by atoms with E-state index in [9.17, 15) is 4.79 Å². The van der Waals surface area contributed by atoms with Gasteiger partial charge in [0, 0.05) is 32.6 Å². The van der Waals surface area contributed by atoms with Gasteiger partial charge in [-0.3, -0.25) is 15.1 Å². The highest BCUT2D eigenvalue weighted by atomic mass is 16.5. The lowest BCUT2D eigenvalue weighted by Gasteiger charge is -2.26. The standard InChI is InChI=1S/C21H25N3O4/c1-15(25)28-20-12-18(6-7-19(20)21(22)23)27-14-17-4-2-16(3-5-17)13-24-8-10-26-11-9-24/h2-7,12H,8-11,13-14H2,1H3,(H3,22,23). The Morgan fingerprint density at radius 3 is 2.46 bits per heavy atom. The molecule has 1 heterocycles. The van der Waals surface area contributed by atoms with Gasteiger partial charge in [0.1, 0.15) is 23.9 Å². The van der Waals surface area contributed by atoms with E-state index in [0.717, 1.165) is 38.4 Å². The number of nitrogen functional groups attached to an aromatic ring is 1. The van der Waals surface area contributed by atoms with E-state index in [4.69, 9.17) is 25.4 Å². The van der Waals surface area contributed by atoms with Crippen molar-refractivity contribution in [3.8, 4) is 11.5 Å². The highest BCUT2D eigenvalue weighted by Crippen LogP contribution is 2.25. The van der Waals surface area contributed by atoms with E-state index >= 15 is 0 Å². The molecule has 0 radical (unpaired) electrons. The fourth-order valence-electron chi connectivity index (χ4n) is 2.98. The number of carbonyl (C=O) groups excluding carboxylic acids is 1. The van der Waals surface area contributed by atoms with Gasteiger partial charge in [-0.05, 0) is 23.3 Å². The number of nitrogens with one attached hydrogen (secondary N) is 1. The summed E-state index contributed by atoms with van der Waals surface area (Å²) in [5.74, 6) is 0.117. The zero-order valence-corrected chi connectivity index (χ0v) is 15.9. The zero-order valence-electron chi connectivity index (χ0n) is 15.9. The number of esters is 1. The second-order valence-electron chi connectivity index (χ2n) is 6.66. The number of hydrogen-bond donors (Lipinski definition) is 2. The van der Waals surface area contributed by atoms with Gasteiger partial charge in [0.2, 0.25) is 0 Å². The number of ether oxygens (including phenoxy) is 3. The van der Waals surface area contributed by atoms with Gasteiger partial charge < -0.3 is 19.9 Å². The highest BCUT2D eigenvalue weighted by molar-refractivity contribution is 5.98. The largest absolute Gasteiger partial charge is 0.489 e. The number of benzene rings is 2. The van der Waals surface area contributed by atoms with Crippen molar-refractivity contribution < 1.29 is 19.0 Å². The molecule has 148 valence electrons. The molecule has 0 aromatic heterocycles. The Bertz CT molecular complexity index is 830. The first-order valence-corrected chi connectivity index (χ1v) is 9.19. The Balaban J connectivity index is 1.60. The number of hydrogen-bond acceptors (Lipinski definition) is 6. The van der Waals surface area contributed by atoms with E-state index in [1.165, 1.54) is 12.5 Å². The molecule has 0 spiro atoms. The summed E-state index contributed by atoms with van der Waals surface area (Å²) in [5, 5.41) is 7.58. The summed E-state index contributed by atoms with van der Waals surface area (Å²) in [6.07, 6.45) is 0. The molecule has 2 aromatic rings. The zero-order chi connectivity index (χ0) is 19.9. The van der Waals surface area contributed by atoms with Crippen molar-refractivity contribution in [3.63, 3.8) is 0 Å². The molecule has 1 aliphatic rings. The van der Waals surface area contributed by atoms with Gasteiger partial charge in [-0.15, -0.1) is 0 Å². The van der Waals surface area contributed by atoms with Gasteiger partial charge in [0.25, 0.3) is 0 Å². The maximum absolute atomic E-state index is 11.3. The molecular formula is C21H25N3O4. The molecule has 0 bridgehead atoms. The average molecular weight is 383 g/mol. The van der Waals surface area contributed by atoms with E-state index in [1.807, 2.05) is 12.1 Å². The van der Waals surface area contributed by atoms with Crippen molar-refractivity contribution >= 4 is 11.8 Å². The lowest BCUT2D eigenvalue weighted by molar-refractivity contribution is -0.131. The number of carbonyl (C=O) groups is 1. The molecule has 7 heteroatoms. The minimum Gasteiger partial charge on any atom is -0.489 e. The molecule has 1 saturated heterocycles. The first kappa shape index (κ1) is 19.9. The SMILES string of the molecule is CC(=O)Oc1cc(OCc2ccc(CN3CCOCC3)cc2)ccc1C(=N)N. The van der Waals surface area contributed by atoms with Crippen LogP contribution in [0.25, 0.3) is 0 Å². The smallest absolute Gasteiger partial charge is 0.308 e. The predicted molar refractivity (Wildman–Crippen MR) is 106 cm³/mol. The lowest BCUT2D eigenvalue weighted by Crippen LogP contribution is -2.35. The second kappa shape index (κ2) is 9.34. The summed E-state index contributed by atoms with van der Waals surface area (Å²) in [7, 11) is 0. The summed E-state index contributed by atoms with van der Waals surface area (Å²) in [6.45, 7) is 6.13. The molecule has 3 N–H and O–H groups in total. The van der Waals surface area contributed by atoms with Crippen molar-refractivity contribution in [2.45, 2.75) is 20.1 Å². The third-order valence-electron chi connectivity index (χ3n) is 4.44. The van der Waals surface area contributed by atoms with Gasteiger partial charge in [0.05, 0.1) is 18.8 Å². The predicted octanol–water partition coefficient (Wildman–Crippen LogP) is 2.31. The van der Waals surface area contributed by atoms with E-state index in [0.29, 0.717) is 17.9 Å². The van der Waals surface area contributed by atoms with Crippen LogP contribution in [0.5, 0.6) is 11.5 Å². The first-order valence-electron chi connectivity index (χ1n) is 9.19. The molecule has 0 unspecified atom stereocenters. The van der Waals surface area contributed by atoms with Crippen LogP contribution in [0.1, 0.15) is 23.6 Å². The minimum atomic E-state index is -0.476. The molecular weight excluding hydrogens is 358 g/mol. The lowest BCUT2D eigenvalue weighted by atomic mass is 10.1. The molecule has 1 fully saturated rings. The molecule has 0 saturated carbocycles. The van der Waals surface area contributed by atoms with Crippen LogP contribution in [-0.4, -0.2) is 43.0 Å². The Hall–Kier alpha value is -2.90. The Kier molecular flexibility index (Phi) is 6.62. The van der Waals surface area contributed by atoms with Crippen LogP contribution in [-0.2, 0) is 22.7 Å². The quantitative estimate of drug-likeness (QED) is 0.330. The van der Waals surface area contributed by atoms with Gasteiger partial charge in [-0.2, -0.15) is 0 Å². The molecule has 2 aromatic carbocycles. The third-order valence-corrected chi connectivity index (χ3v) is 4.44. The van der Waals surface area contributed by atoms with Gasteiger partial charge >= 0.3 is 5.97 Å². The number of nitrogens with two attached hydrogens (primary N) is 1. The van der Waals surface area contributed by atoms with Crippen molar-refractivity contribution in [2.75, 3.05) is 26.3 Å². The van der Waals surface area contributed by atoms with Crippen molar-refractivity contribution in [2.24, 2.45) is 5.73 Å². The fraction of sp³-hybridized carbons (Fsp3) is 0.333. The van der Waals surface area contributed by atoms with Crippen molar-refractivity contribution in [1.29, 1.82) is 5.41 Å². The van der Waals surface area contributed by atoms with Crippen LogP contribution < -0.4 is 15.2 Å². The fourth-order valence-corrected chi connectivity index (χ4v) is 2.98. The topological polar surface area (TPSA) is 97.9 Å². The summed E-state index contributed by atoms with van der Waals surface area (Å²) >= 11 is 0. The molecule has 28 heavy (non-hydrogen) atoms. The normalized spacial score (nSPS) is 14.5. The Morgan fingerprint density at radius 1 is 1.14 bits per heavy atom. The highest BCUT2D eigenvalue weighted by Gasteiger charge is 2.12. The number of morpholine rings is 1. The van der Waals surface area contributed by atoms with Gasteiger partial charge in [-0.25, -0.2) is 0 Å². The molecule has 0 amide bonds. The number of amidine groups is 1. The second-order valence-corrected chi connectivity index (χ2v) is 6.66. The average Bonchev–Trinajstić information content (AvgIpc) is 2.68. The van der Waals surface area contributed by atoms with Crippen molar-refractivity contribution in [3.05, 3.63) is 59.2 Å². The third kappa shape index (κ3) is 5.55. The molecule has 7 nitrogen and oxygen atoms in total. The Morgan fingerprint density at radius 2 is 1.82 bits per heavy atom. The van der Waals surface area contributed by atoms with E-state index in [1.54, 1.807) is 18.2 Å². The summed E-state index contributed by atoms with van der Waals surface area (Å²) in [6, 6.07) is 13.2. The Labute approximate surface area is 164 Å². The van der Waals surface area contributed by atoms with Crippen LogP contribution in [0.4, 0.5) is 0 Å². The maximum Gasteiger partial charge on any atom is 0.308 e. The maximum atomic E-state index is 11.3. The summed E-state index contributed by atoms with van der Waals surface area (Å²) in [5.41, 5.74) is 8.18. The van der Waals surface area contributed by atoms with E-state index < -0.39 is 5.97 Å². The monoisotopic (exact) mass is 383 g/mol. The van der Waals surface area contributed by atoms with Gasteiger partial charge in [-0.1, -0.05) is 24.3 Å². The number of nitrogens with zero attached hydrogens (tertiary/aromatic N) is 1.